The number of ether oxygens (including phenoxy) is 3. The van der Waals surface area contributed by atoms with Crippen molar-refractivity contribution < 1.29 is 19.0 Å². The van der Waals surface area contributed by atoms with Crippen molar-refractivity contribution in [2.45, 2.75) is 38.0 Å². The Morgan fingerprint density at radius 3 is 2.68 bits per heavy atom. The summed E-state index contributed by atoms with van der Waals surface area (Å²) in [6.45, 7) is 8.89. The van der Waals surface area contributed by atoms with Crippen LogP contribution in [0, 0.1) is 0 Å². The topological polar surface area (TPSA) is 102 Å². The van der Waals surface area contributed by atoms with Gasteiger partial charge in [-0.25, -0.2) is 4.98 Å². The molecule has 2 aromatic heterocycles. The molecule has 3 fully saturated rings. The molecule has 10 heteroatoms. The highest BCUT2D eigenvalue weighted by molar-refractivity contribution is 5.95. The van der Waals surface area contributed by atoms with Gasteiger partial charge in [0.25, 0.3) is 5.91 Å². The van der Waals surface area contributed by atoms with Crippen LogP contribution in [0.1, 0.15) is 30.6 Å². The molecule has 1 N–H and O–H groups in total. The Kier molecular flexibility index (Phi) is 6.63. The van der Waals surface area contributed by atoms with Gasteiger partial charge in [0.1, 0.15) is 11.4 Å². The summed E-state index contributed by atoms with van der Waals surface area (Å²) < 4.78 is 17.7. The number of morpholine rings is 2. The van der Waals surface area contributed by atoms with Crippen molar-refractivity contribution in [2.24, 2.45) is 0 Å². The molecule has 6 rings (SSSR count). The summed E-state index contributed by atoms with van der Waals surface area (Å²) >= 11 is 0. The molecule has 3 aromatic rings. The maximum Gasteiger partial charge on any atom is 0.251 e. The highest BCUT2D eigenvalue weighted by Crippen LogP contribution is 2.35. The molecular weight excluding hydrogens is 484 g/mol. The van der Waals surface area contributed by atoms with E-state index >= 15 is 0 Å². The fourth-order valence-electron chi connectivity index (χ4n) is 5.49. The Morgan fingerprint density at radius 1 is 1.03 bits per heavy atom. The van der Waals surface area contributed by atoms with Gasteiger partial charge in [0.05, 0.1) is 56.1 Å². The molecule has 1 unspecified atom stereocenters. The largest absolute Gasteiger partial charge is 0.378 e. The van der Waals surface area contributed by atoms with Gasteiger partial charge in [-0.05, 0) is 38.1 Å². The van der Waals surface area contributed by atoms with Crippen LogP contribution in [0.15, 0.2) is 36.4 Å². The lowest BCUT2D eigenvalue weighted by Gasteiger charge is -2.43. The SMILES string of the molecule is CNC(=O)c1cccc(-c2ccc3c(N4CCOC[C@@H]4C)nc(N4CC5(CCOC5)OC[C@@H]4C)nc3n2)c1. The highest BCUT2D eigenvalue weighted by atomic mass is 16.6. The number of anilines is 2. The van der Waals surface area contributed by atoms with Gasteiger partial charge in [-0.15, -0.1) is 0 Å². The predicted molar refractivity (Wildman–Crippen MR) is 145 cm³/mol. The number of rotatable bonds is 4. The first-order valence-electron chi connectivity index (χ1n) is 13.3. The lowest BCUT2D eigenvalue weighted by Crippen LogP contribution is -2.57. The van der Waals surface area contributed by atoms with E-state index in [2.05, 4.69) is 29.0 Å². The van der Waals surface area contributed by atoms with Crippen molar-refractivity contribution in [3.63, 3.8) is 0 Å². The van der Waals surface area contributed by atoms with Crippen LogP contribution in [0.3, 0.4) is 0 Å². The van der Waals surface area contributed by atoms with Gasteiger partial charge in [-0.1, -0.05) is 12.1 Å². The van der Waals surface area contributed by atoms with Crippen molar-refractivity contribution in [1.82, 2.24) is 20.3 Å². The number of nitrogens with one attached hydrogen (secondary N) is 1. The quantitative estimate of drug-likeness (QED) is 0.558. The number of pyridine rings is 1. The van der Waals surface area contributed by atoms with Crippen molar-refractivity contribution in [1.29, 1.82) is 0 Å². The molecule has 5 heterocycles. The minimum Gasteiger partial charge on any atom is -0.378 e. The lowest BCUT2D eigenvalue weighted by atomic mass is 9.99. The lowest BCUT2D eigenvalue weighted by molar-refractivity contribution is -0.0704. The molecule has 1 amide bonds. The predicted octanol–water partition coefficient (Wildman–Crippen LogP) is 2.66. The van der Waals surface area contributed by atoms with E-state index in [4.69, 9.17) is 29.2 Å². The van der Waals surface area contributed by atoms with E-state index in [9.17, 15) is 4.79 Å². The Labute approximate surface area is 222 Å². The second-order valence-corrected chi connectivity index (χ2v) is 10.5. The molecule has 1 spiro atoms. The molecule has 3 atom stereocenters. The third kappa shape index (κ3) is 4.57. The van der Waals surface area contributed by atoms with Crippen molar-refractivity contribution in [3.8, 4) is 11.3 Å². The minimum absolute atomic E-state index is 0.112. The standard InChI is InChI=1S/C28H34N6O4/c1-18-14-36-12-10-33(18)25-22-7-8-23(20-5-4-6-21(13-20)26(35)29-3)30-24(22)31-27(32-25)34-16-28(9-11-37-17-28)38-15-19(34)2/h4-8,13,18-19H,9-12,14-17H2,1-3H3,(H,29,35)/t18-,19-,28?/m0/s1. The third-order valence-corrected chi connectivity index (χ3v) is 7.76. The van der Waals surface area contributed by atoms with E-state index in [-0.39, 0.29) is 23.6 Å². The molecular formula is C28H34N6O4. The molecule has 1 aromatic carbocycles. The number of fused-ring (bicyclic) bond motifs is 1. The summed E-state index contributed by atoms with van der Waals surface area (Å²) in [6, 6.07) is 11.8. The summed E-state index contributed by atoms with van der Waals surface area (Å²) in [5.41, 5.74) is 2.50. The molecule has 38 heavy (non-hydrogen) atoms. The van der Waals surface area contributed by atoms with Crippen LogP contribution in [0.4, 0.5) is 11.8 Å². The van der Waals surface area contributed by atoms with Crippen LogP contribution >= 0.6 is 0 Å². The molecule has 3 aliphatic rings. The zero-order valence-electron chi connectivity index (χ0n) is 22.1. The normalized spacial score (nSPS) is 25.8. The van der Waals surface area contributed by atoms with Gasteiger partial charge in [-0.2, -0.15) is 9.97 Å². The number of carbonyl (C=O) groups is 1. The number of carbonyl (C=O) groups excluding carboxylic acids is 1. The van der Waals surface area contributed by atoms with E-state index in [1.165, 1.54) is 0 Å². The summed E-state index contributed by atoms with van der Waals surface area (Å²) in [5.74, 6) is 1.39. The zero-order chi connectivity index (χ0) is 26.3. The first-order chi connectivity index (χ1) is 18.5. The summed E-state index contributed by atoms with van der Waals surface area (Å²) in [4.78, 5) is 31.9. The molecule has 200 valence electrons. The molecule has 10 nitrogen and oxygen atoms in total. The van der Waals surface area contributed by atoms with Crippen LogP contribution in [0.5, 0.6) is 0 Å². The maximum atomic E-state index is 12.2. The Morgan fingerprint density at radius 2 is 1.89 bits per heavy atom. The number of hydrogen-bond donors (Lipinski definition) is 1. The number of aromatic nitrogens is 3. The fraction of sp³-hybridized carbons (Fsp3) is 0.500. The molecule has 0 bridgehead atoms. The van der Waals surface area contributed by atoms with E-state index in [0.29, 0.717) is 56.7 Å². The Hall–Kier alpha value is -3.34. The van der Waals surface area contributed by atoms with E-state index in [1.807, 2.05) is 30.3 Å². The molecule has 0 radical (unpaired) electrons. The van der Waals surface area contributed by atoms with Crippen LogP contribution in [-0.4, -0.2) is 91.7 Å². The van der Waals surface area contributed by atoms with Crippen LogP contribution in [0.25, 0.3) is 22.3 Å². The van der Waals surface area contributed by atoms with Gasteiger partial charge in [0.2, 0.25) is 5.95 Å². The zero-order valence-corrected chi connectivity index (χ0v) is 22.1. The highest BCUT2D eigenvalue weighted by Gasteiger charge is 2.43. The van der Waals surface area contributed by atoms with Crippen LogP contribution in [0.2, 0.25) is 0 Å². The first-order valence-corrected chi connectivity index (χ1v) is 13.3. The smallest absolute Gasteiger partial charge is 0.251 e. The second-order valence-electron chi connectivity index (χ2n) is 10.5. The molecule has 0 aliphatic carbocycles. The van der Waals surface area contributed by atoms with Gasteiger partial charge < -0.3 is 29.3 Å². The summed E-state index contributed by atoms with van der Waals surface area (Å²) in [5, 5.41) is 3.58. The first kappa shape index (κ1) is 25.0. The van der Waals surface area contributed by atoms with E-state index in [1.54, 1.807) is 13.1 Å². The number of hydrogen-bond acceptors (Lipinski definition) is 9. The number of nitrogens with zero attached hydrogens (tertiary/aromatic N) is 5. The number of benzene rings is 1. The third-order valence-electron chi connectivity index (χ3n) is 7.76. The van der Waals surface area contributed by atoms with Gasteiger partial charge in [-0.3, -0.25) is 4.79 Å². The molecule has 3 aliphatic heterocycles. The van der Waals surface area contributed by atoms with Crippen LogP contribution in [-0.2, 0) is 14.2 Å². The monoisotopic (exact) mass is 518 g/mol. The Balaban J connectivity index is 1.46. The van der Waals surface area contributed by atoms with E-state index < -0.39 is 0 Å². The van der Waals surface area contributed by atoms with Crippen molar-refractivity contribution in [3.05, 3.63) is 42.0 Å². The van der Waals surface area contributed by atoms with Crippen LogP contribution < -0.4 is 15.1 Å². The second kappa shape index (κ2) is 10.1. The summed E-state index contributed by atoms with van der Waals surface area (Å²) in [6.07, 6.45) is 0.862. The number of amides is 1. The van der Waals surface area contributed by atoms with E-state index in [0.717, 1.165) is 35.4 Å². The van der Waals surface area contributed by atoms with Gasteiger partial charge in [0, 0.05) is 37.7 Å². The maximum absolute atomic E-state index is 12.2. The average molecular weight is 519 g/mol. The van der Waals surface area contributed by atoms with Gasteiger partial charge in [0.15, 0.2) is 5.65 Å². The minimum atomic E-state index is -0.327. The Bertz CT molecular complexity index is 1340. The summed E-state index contributed by atoms with van der Waals surface area (Å²) in [7, 11) is 1.63. The molecule has 0 saturated carbocycles. The molecule has 3 saturated heterocycles. The fourth-order valence-corrected chi connectivity index (χ4v) is 5.49. The average Bonchev–Trinajstić information content (AvgIpc) is 3.41. The van der Waals surface area contributed by atoms with Crippen molar-refractivity contribution in [2.75, 3.05) is 63.0 Å². The van der Waals surface area contributed by atoms with Gasteiger partial charge >= 0.3 is 0 Å². The van der Waals surface area contributed by atoms with Crippen molar-refractivity contribution >= 4 is 28.7 Å².